The van der Waals surface area contributed by atoms with E-state index in [9.17, 15) is 9.59 Å². The van der Waals surface area contributed by atoms with Crippen molar-refractivity contribution in [3.63, 3.8) is 0 Å². The number of rotatable bonds is 5. The van der Waals surface area contributed by atoms with Gasteiger partial charge in [0.25, 0.3) is 5.91 Å². The molecule has 0 atom stereocenters. The third-order valence-corrected chi connectivity index (χ3v) is 2.79. The van der Waals surface area contributed by atoms with Crippen LogP contribution in [0.5, 0.6) is 5.75 Å². The molecular formula is C15H16N2O5. The van der Waals surface area contributed by atoms with Gasteiger partial charge < -0.3 is 19.3 Å². The van der Waals surface area contributed by atoms with E-state index in [1.54, 1.807) is 19.1 Å². The molecule has 0 aliphatic heterocycles. The normalized spacial score (nSPS) is 10.1. The van der Waals surface area contributed by atoms with E-state index in [0.29, 0.717) is 17.1 Å². The zero-order chi connectivity index (χ0) is 16.1. The Bertz CT molecular complexity index is 693. The minimum atomic E-state index is -0.744. The number of benzene rings is 1. The fraction of sp³-hybridized carbons (Fsp3) is 0.267. The molecule has 0 aliphatic rings. The number of carbonyl (C=O) groups excluding carboxylic acids is 2. The predicted octanol–water partition coefficient (Wildman–Crippen LogP) is 2.10. The summed E-state index contributed by atoms with van der Waals surface area (Å²) in [6.07, 6.45) is 0. The van der Waals surface area contributed by atoms with Crippen LogP contribution in [-0.4, -0.2) is 30.7 Å². The van der Waals surface area contributed by atoms with Gasteiger partial charge in [-0.1, -0.05) is 11.2 Å². The number of aryl methyl sites for hydroxylation is 2. The van der Waals surface area contributed by atoms with Gasteiger partial charge in [0.05, 0.1) is 18.5 Å². The highest BCUT2D eigenvalue weighted by Gasteiger charge is 2.15. The van der Waals surface area contributed by atoms with Crippen LogP contribution < -0.4 is 10.1 Å². The molecule has 1 amide bonds. The van der Waals surface area contributed by atoms with E-state index in [1.807, 2.05) is 13.0 Å². The first-order chi connectivity index (χ1) is 10.5. The smallest absolute Gasteiger partial charge is 0.377 e. The molecule has 22 heavy (non-hydrogen) atoms. The Morgan fingerprint density at radius 2 is 2.05 bits per heavy atom. The van der Waals surface area contributed by atoms with Crippen LogP contribution >= 0.6 is 0 Å². The zero-order valence-electron chi connectivity index (χ0n) is 12.5. The van der Waals surface area contributed by atoms with Gasteiger partial charge in [-0.05, 0) is 31.5 Å². The molecule has 0 saturated carbocycles. The van der Waals surface area contributed by atoms with Crippen molar-refractivity contribution in [2.45, 2.75) is 13.8 Å². The maximum Gasteiger partial charge on any atom is 0.377 e. The van der Waals surface area contributed by atoms with Crippen LogP contribution in [0.2, 0.25) is 0 Å². The van der Waals surface area contributed by atoms with E-state index in [-0.39, 0.29) is 5.76 Å². The van der Waals surface area contributed by atoms with E-state index in [0.717, 1.165) is 5.56 Å². The number of nitrogens with zero attached hydrogens (tertiary/aromatic N) is 1. The minimum absolute atomic E-state index is 0.0431. The highest BCUT2D eigenvalue weighted by molar-refractivity contribution is 5.95. The number of amides is 1. The summed E-state index contributed by atoms with van der Waals surface area (Å²) < 4.78 is 14.8. The van der Waals surface area contributed by atoms with Crippen molar-refractivity contribution in [1.82, 2.24) is 5.16 Å². The molecule has 0 saturated heterocycles. The number of methoxy groups -OCH3 is 1. The lowest BCUT2D eigenvalue weighted by Crippen LogP contribution is -2.21. The number of aromatic nitrogens is 1. The summed E-state index contributed by atoms with van der Waals surface area (Å²) >= 11 is 0. The number of carbonyl (C=O) groups is 2. The van der Waals surface area contributed by atoms with E-state index in [4.69, 9.17) is 14.0 Å². The fourth-order valence-electron chi connectivity index (χ4n) is 1.77. The highest BCUT2D eigenvalue weighted by Crippen LogP contribution is 2.25. The second-order valence-corrected chi connectivity index (χ2v) is 4.66. The summed E-state index contributed by atoms with van der Waals surface area (Å²) in [7, 11) is 1.51. The van der Waals surface area contributed by atoms with Gasteiger partial charge in [-0.25, -0.2) is 4.79 Å². The monoisotopic (exact) mass is 304 g/mol. The second-order valence-electron chi connectivity index (χ2n) is 4.66. The number of esters is 1. The van der Waals surface area contributed by atoms with Crippen LogP contribution in [0.15, 0.2) is 28.8 Å². The zero-order valence-corrected chi connectivity index (χ0v) is 12.5. The fourth-order valence-corrected chi connectivity index (χ4v) is 1.77. The molecule has 116 valence electrons. The summed E-state index contributed by atoms with van der Waals surface area (Å²) in [6, 6.07) is 6.80. The third kappa shape index (κ3) is 3.85. The van der Waals surface area contributed by atoms with Gasteiger partial charge >= 0.3 is 5.97 Å². The first-order valence-electron chi connectivity index (χ1n) is 6.54. The first-order valence-corrected chi connectivity index (χ1v) is 6.54. The molecular weight excluding hydrogens is 288 g/mol. The van der Waals surface area contributed by atoms with Crippen LogP contribution in [0.1, 0.15) is 21.8 Å². The molecule has 0 bridgehead atoms. The SMILES string of the molecule is COc1ccc(C)cc1NC(=O)COC(=O)c1cc(C)no1. The molecule has 0 fully saturated rings. The van der Waals surface area contributed by atoms with E-state index >= 15 is 0 Å². The Labute approximate surface area is 127 Å². The molecule has 0 radical (unpaired) electrons. The van der Waals surface area contributed by atoms with E-state index in [2.05, 4.69) is 10.5 Å². The van der Waals surface area contributed by atoms with Crippen molar-refractivity contribution in [1.29, 1.82) is 0 Å². The van der Waals surface area contributed by atoms with Gasteiger partial charge in [-0.15, -0.1) is 0 Å². The van der Waals surface area contributed by atoms with Crippen molar-refractivity contribution in [2.24, 2.45) is 0 Å². The Balaban J connectivity index is 1.93. The van der Waals surface area contributed by atoms with Crippen molar-refractivity contribution in [3.05, 3.63) is 41.3 Å². The minimum Gasteiger partial charge on any atom is -0.495 e. The summed E-state index contributed by atoms with van der Waals surface area (Å²) in [5.74, 6) is -0.741. The topological polar surface area (TPSA) is 90.7 Å². The van der Waals surface area contributed by atoms with Crippen LogP contribution in [-0.2, 0) is 9.53 Å². The summed E-state index contributed by atoms with van der Waals surface area (Å²) in [6.45, 7) is 3.13. The summed E-state index contributed by atoms with van der Waals surface area (Å²) in [5, 5.41) is 6.20. The lowest BCUT2D eigenvalue weighted by molar-refractivity contribution is -0.119. The van der Waals surface area contributed by atoms with E-state index in [1.165, 1.54) is 13.2 Å². The van der Waals surface area contributed by atoms with Gasteiger partial charge in [0.15, 0.2) is 6.61 Å². The second kappa shape index (κ2) is 6.75. The average Bonchev–Trinajstić information content (AvgIpc) is 2.92. The van der Waals surface area contributed by atoms with Crippen LogP contribution in [0.4, 0.5) is 5.69 Å². The van der Waals surface area contributed by atoms with Gasteiger partial charge in [0, 0.05) is 6.07 Å². The lowest BCUT2D eigenvalue weighted by Gasteiger charge is -2.10. The van der Waals surface area contributed by atoms with Crippen LogP contribution in [0.3, 0.4) is 0 Å². The van der Waals surface area contributed by atoms with Crippen LogP contribution in [0.25, 0.3) is 0 Å². The largest absolute Gasteiger partial charge is 0.495 e. The molecule has 0 unspecified atom stereocenters. The number of hydrogen-bond acceptors (Lipinski definition) is 6. The molecule has 0 aliphatic carbocycles. The molecule has 7 heteroatoms. The van der Waals surface area contributed by atoms with Gasteiger partial charge in [-0.2, -0.15) is 0 Å². The Hall–Kier alpha value is -2.83. The molecule has 1 heterocycles. The Morgan fingerprint density at radius 3 is 2.68 bits per heavy atom. The predicted molar refractivity (Wildman–Crippen MR) is 77.9 cm³/mol. The highest BCUT2D eigenvalue weighted by atomic mass is 16.6. The Kier molecular flexibility index (Phi) is 4.77. The average molecular weight is 304 g/mol. The van der Waals surface area contributed by atoms with Gasteiger partial charge in [0.1, 0.15) is 5.75 Å². The quantitative estimate of drug-likeness (QED) is 0.851. The Morgan fingerprint density at radius 1 is 1.27 bits per heavy atom. The summed E-state index contributed by atoms with van der Waals surface area (Å²) in [4.78, 5) is 23.5. The van der Waals surface area contributed by atoms with E-state index < -0.39 is 18.5 Å². The van der Waals surface area contributed by atoms with Crippen molar-refractivity contribution in [3.8, 4) is 5.75 Å². The lowest BCUT2D eigenvalue weighted by atomic mass is 10.2. The first kappa shape index (κ1) is 15.6. The van der Waals surface area contributed by atoms with Gasteiger partial charge in [0.2, 0.25) is 5.76 Å². The molecule has 2 rings (SSSR count). The molecule has 0 spiro atoms. The van der Waals surface area contributed by atoms with Crippen molar-refractivity contribution < 1.29 is 23.6 Å². The summed E-state index contributed by atoms with van der Waals surface area (Å²) in [5.41, 5.74) is 2.03. The number of ether oxygens (including phenoxy) is 2. The van der Waals surface area contributed by atoms with Crippen LogP contribution in [0, 0.1) is 13.8 Å². The molecule has 1 aromatic carbocycles. The number of hydrogen-bond donors (Lipinski definition) is 1. The number of anilines is 1. The van der Waals surface area contributed by atoms with Gasteiger partial charge in [-0.3, -0.25) is 4.79 Å². The molecule has 1 N–H and O–H groups in total. The molecule has 2 aromatic rings. The maximum absolute atomic E-state index is 11.8. The third-order valence-electron chi connectivity index (χ3n) is 2.79. The van der Waals surface area contributed by atoms with Crippen molar-refractivity contribution in [2.75, 3.05) is 19.0 Å². The standard InChI is InChI=1S/C15H16N2O5/c1-9-4-5-12(20-3)11(6-9)16-14(18)8-21-15(19)13-7-10(2)17-22-13/h4-7H,8H2,1-3H3,(H,16,18). The maximum atomic E-state index is 11.8. The molecule has 1 aromatic heterocycles. The van der Waals surface area contributed by atoms with Crippen molar-refractivity contribution >= 4 is 17.6 Å². The number of nitrogens with one attached hydrogen (secondary N) is 1. The molecule has 7 nitrogen and oxygen atoms in total.